The van der Waals surface area contributed by atoms with Gasteiger partial charge >= 0.3 is 6.18 Å². The minimum Gasteiger partial charge on any atom is -0.346 e. The average molecular weight is 321 g/mol. The van der Waals surface area contributed by atoms with E-state index in [4.69, 9.17) is 0 Å². The Kier molecular flexibility index (Phi) is 4.02. The lowest BCUT2D eigenvalue weighted by Gasteiger charge is -2.08. The van der Waals surface area contributed by atoms with Crippen LogP contribution in [0.3, 0.4) is 0 Å². The maximum absolute atomic E-state index is 12.5. The molecule has 0 radical (unpaired) electrons. The monoisotopic (exact) mass is 321 g/mol. The number of nitrogens with zero attached hydrogens (tertiary/aromatic N) is 2. The smallest absolute Gasteiger partial charge is 0.346 e. The second-order valence-electron chi connectivity index (χ2n) is 5.47. The number of amides is 1. The molecule has 0 saturated heterocycles. The molecule has 3 rings (SSSR count). The van der Waals surface area contributed by atoms with Gasteiger partial charge in [0.25, 0.3) is 5.91 Å². The Morgan fingerprint density at radius 1 is 1.17 bits per heavy atom. The van der Waals surface area contributed by atoms with Crippen LogP contribution in [-0.4, -0.2) is 15.9 Å². The van der Waals surface area contributed by atoms with E-state index in [1.165, 1.54) is 6.33 Å². The third kappa shape index (κ3) is 3.85. The third-order valence-electron chi connectivity index (χ3n) is 3.64. The van der Waals surface area contributed by atoms with Crippen molar-refractivity contribution < 1.29 is 18.0 Å². The highest BCUT2D eigenvalue weighted by Gasteiger charge is 2.30. The van der Waals surface area contributed by atoms with Gasteiger partial charge in [-0.2, -0.15) is 13.2 Å². The largest absolute Gasteiger partial charge is 0.416 e. The molecule has 0 unspecified atom stereocenters. The SMILES string of the molecule is O=C(NCc1cc(C2CC2)ncn1)c1ccc(C(F)(F)F)cc1. The number of rotatable bonds is 4. The summed E-state index contributed by atoms with van der Waals surface area (Å²) in [7, 11) is 0. The molecule has 120 valence electrons. The van der Waals surface area contributed by atoms with Gasteiger partial charge in [0.2, 0.25) is 0 Å². The topological polar surface area (TPSA) is 54.9 Å². The Hall–Kier alpha value is -2.44. The van der Waals surface area contributed by atoms with Crippen LogP contribution >= 0.6 is 0 Å². The second kappa shape index (κ2) is 5.98. The van der Waals surface area contributed by atoms with Crippen LogP contribution in [0, 0.1) is 0 Å². The zero-order valence-corrected chi connectivity index (χ0v) is 12.1. The zero-order valence-electron chi connectivity index (χ0n) is 12.1. The lowest BCUT2D eigenvalue weighted by molar-refractivity contribution is -0.137. The number of hydrogen-bond donors (Lipinski definition) is 1. The van der Waals surface area contributed by atoms with Crippen molar-refractivity contribution >= 4 is 5.91 Å². The maximum Gasteiger partial charge on any atom is 0.416 e. The highest BCUT2D eigenvalue weighted by molar-refractivity contribution is 5.94. The number of hydrogen-bond acceptors (Lipinski definition) is 3. The minimum absolute atomic E-state index is 0.175. The van der Waals surface area contributed by atoms with Crippen LogP contribution < -0.4 is 5.32 Å². The van der Waals surface area contributed by atoms with E-state index < -0.39 is 17.6 Å². The lowest BCUT2D eigenvalue weighted by atomic mass is 10.1. The summed E-state index contributed by atoms with van der Waals surface area (Å²) in [5.41, 5.74) is 1.05. The summed E-state index contributed by atoms with van der Waals surface area (Å²) in [5.74, 6) is 0.0488. The summed E-state index contributed by atoms with van der Waals surface area (Å²) in [5, 5.41) is 2.65. The van der Waals surface area contributed by atoms with Crippen molar-refractivity contribution in [3.8, 4) is 0 Å². The van der Waals surface area contributed by atoms with Crippen LogP contribution in [0.15, 0.2) is 36.7 Å². The molecule has 1 aliphatic rings. The van der Waals surface area contributed by atoms with Crippen LogP contribution in [0.2, 0.25) is 0 Å². The molecule has 1 N–H and O–H groups in total. The van der Waals surface area contributed by atoms with Gasteiger partial charge in [-0.1, -0.05) is 0 Å². The first-order valence-electron chi connectivity index (χ1n) is 7.20. The molecule has 1 amide bonds. The predicted octanol–water partition coefficient (Wildman–Crippen LogP) is 3.30. The Labute approximate surface area is 130 Å². The lowest BCUT2D eigenvalue weighted by Crippen LogP contribution is -2.23. The average Bonchev–Trinajstić information content (AvgIpc) is 3.37. The number of carbonyl (C=O) groups is 1. The molecule has 4 nitrogen and oxygen atoms in total. The molecule has 1 aromatic heterocycles. The molecular formula is C16H14F3N3O. The fourth-order valence-corrected chi connectivity index (χ4v) is 2.20. The van der Waals surface area contributed by atoms with E-state index >= 15 is 0 Å². The third-order valence-corrected chi connectivity index (χ3v) is 3.64. The summed E-state index contributed by atoms with van der Waals surface area (Å²) in [6.45, 7) is 0.210. The van der Waals surface area contributed by atoms with Crippen molar-refractivity contribution in [2.75, 3.05) is 0 Å². The van der Waals surface area contributed by atoms with E-state index in [1.807, 2.05) is 6.07 Å². The number of benzene rings is 1. The molecule has 1 aromatic carbocycles. The summed E-state index contributed by atoms with van der Waals surface area (Å²) >= 11 is 0. The van der Waals surface area contributed by atoms with Crippen molar-refractivity contribution in [1.29, 1.82) is 0 Å². The van der Waals surface area contributed by atoms with Gasteiger partial charge in [0, 0.05) is 17.2 Å². The summed E-state index contributed by atoms with van der Waals surface area (Å²) in [6, 6.07) is 5.96. The van der Waals surface area contributed by atoms with Gasteiger partial charge < -0.3 is 5.32 Å². The summed E-state index contributed by atoms with van der Waals surface area (Å²) in [4.78, 5) is 20.3. The van der Waals surface area contributed by atoms with E-state index in [0.717, 1.165) is 42.8 Å². The standard InChI is InChI=1S/C16H14F3N3O/c17-16(18,19)12-5-3-11(4-6-12)15(23)20-8-13-7-14(10-1-2-10)22-9-21-13/h3-7,9-10H,1-2,8H2,(H,20,23). The van der Waals surface area contributed by atoms with Gasteiger partial charge in [0.1, 0.15) is 6.33 Å². The molecule has 1 fully saturated rings. The molecule has 0 spiro atoms. The second-order valence-corrected chi connectivity index (χ2v) is 5.47. The van der Waals surface area contributed by atoms with Crippen LogP contribution in [0.1, 0.15) is 46.1 Å². The molecule has 7 heteroatoms. The first-order valence-corrected chi connectivity index (χ1v) is 7.20. The van der Waals surface area contributed by atoms with Gasteiger partial charge in [-0.25, -0.2) is 9.97 Å². The first-order chi connectivity index (χ1) is 10.9. The van der Waals surface area contributed by atoms with Gasteiger partial charge in [0.05, 0.1) is 17.8 Å². The van der Waals surface area contributed by atoms with Crippen LogP contribution in [0.4, 0.5) is 13.2 Å². The molecule has 0 aliphatic heterocycles. The van der Waals surface area contributed by atoms with Gasteiger partial charge in [-0.3, -0.25) is 4.79 Å². The van der Waals surface area contributed by atoms with E-state index in [0.29, 0.717) is 11.6 Å². The summed E-state index contributed by atoms with van der Waals surface area (Å²) < 4.78 is 37.5. The molecule has 0 atom stereocenters. The van der Waals surface area contributed by atoms with Crippen molar-refractivity contribution in [3.63, 3.8) is 0 Å². The highest BCUT2D eigenvalue weighted by Crippen LogP contribution is 2.38. The fraction of sp³-hybridized carbons (Fsp3) is 0.312. The number of alkyl halides is 3. The van der Waals surface area contributed by atoms with Crippen molar-refractivity contribution in [2.24, 2.45) is 0 Å². The quantitative estimate of drug-likeness (QED) is 0.940. The predicted molar refractivity (Wildman–Crippen MR) is 76.6 cm³/mol. The van der Waals surface area contributed by atoms with Crippen molar-refractivity contribution in [3.05, 3.63) is 59.2 Å². The van der Waals surface area contributed by atoms with E-state index in [9.17, 15) is 18.0 Å². The molecule has 1 saturated carbocycles. The zero-order chi connectivity index (χ0) is 16.4. The number of aromatic nitrogens is 2. The Morgan fingerprint density at radius 3 is 2.48 bits per heavy atom. The molecule has 1 heterocycles. The van der Waals surface area contributed by atoms with Crippen molar-refractivity contribution in [1.82, 2.24) is 15.3 Å². The van der Waals surface area contributed by atoms with Crippen LogP contribution in [0.5, 0.6) is 0 Å². The number of nitrogens with one attached hydrogen (secondary N) is 1. The van der Waals surface area contributed by atoms with Gasteiger partial charge in [-0.15, -0.1) is 0 Å². The molecule has 1 aliphatic carbocycles. The normalized spacial score (nSPS) is 14.6. The van der Waals surface area contributed by atoms with Crippen molar-refractivity contribution in [2.45, 2.75) is 31.5 Å². The molecule has 0 bridgehead atoms. The molecule has 2 aromatic rings. The Balaban J connectivity index is 1.62. The summed E-state index contributed by atoms with van der Waals surface area (Å²) in [6.07, 6.45) is -0.703. The Morgan fingerprint density at radius 2 is 1.87 bits per heavy atom. The minimum atomic E-state index is -4.41. The van der Waals surface area contributed by atoms with Gasteiger partial charge in [0.15, 0.2) is 0 Å². The van der Waals surface area contributed by atoms with Gasteiger partial charge in [-0.05, 0) is 43.2 Å². The molecule has 23 heavy (non-hydrogen) atoms. The van der Waals surface area contributed by atoms with E-state index in [1.54, 1.807) is 0 Å². The highest BCUT2D eigenvalue weighted by atomic mass is 19.4. The number of halogens is 3. The first kappa shape index (κ1) is 15.5. The maximum atomic E-state index is 12.5. The number of carbonyl (C=O) groups excluding carboxylic acids is 1. The van der Waals surface area contributed by atoms with E-state index in [-0.39, 0.29) is 12.1 Å². The molecular weight excluding hydrogens is 307 g/mol. The fourth-order valence-electron chi connectivity index (χ4n) is 2.20. The van der Waals surface area contributed by atoms with E-state index in [2.05, 4.69) is 15.3 Å². The van der Waals surface area contributed by atoms with Crippen LogP contribution in [-0.2, 0) is 12.7 Å². The van der Waals surface area contributed by atoms with Crippen LogP contribution in [0.25, 0.3) is 0 Å². The Bertz CT molecular complexity index is 709.